The zero-order valence-corrected chi connectivity index (χ0v) is 14.9. The summed E-state index contributed by atoms with van der Waals surface area (Å²) >= 11 is 0. The number of imidazole rings is 1. The minimum atomic E-state index is 0.283. The highest BCUT2D eigenvalue weighted by Crippen LogP contribution is 2.28. The van der Waals surface area contributed by atoms with Crippen molar-refractivity contribution in [3.63, 3.8) is 0 Å². The Kier molecular flexibility index (Phi) is 5.03. The van der Waals surface area contributed by atoms with E-state index in [0.29, 0.717) is 18.3 Å². The van der Waals surface area contributed by atoms with E-state index in [1.54, 1.807) is 0 Å². The Labute approximate surface area is 144 Å². The molecule has 1 aromatic carbocycles. The largest absolute Gasteiger partial charge is 0.342 e. The average molecular weight is 325 g/mol. The van der Waals surface area contributed by atoms with Crippen LogP contribution >= 0.6 is 0 Å². The van der Waals surface area contributed by atoms with Crippen molar-refractivity contribution in [2.75, 3.05) is 13.1 Å². The summed E-state index contributed by atoms with van der Waals surface area (Å²) in [4.78, 5) is 19.0. The van der Waals surface area contributed by atoms with Gasteiger partial charge in [0.05, 0.1) is 0 Å². The fraction of sp³-hybridized carbons (Fsp3) is 0.500. The molecule has 1 amide bonds. The number of benzene rings is 1. The lowest BCUT2D eigenvalue weighted by Gasteiger charge is -2.18. The zero-order valence-electron chi connectivity index (χ0n) is 14.9. The molecule has 1 aromatic heterocycles. The fourth-order valence-electron chi connectivity index (χ4n) is 3.45. The minimum absolute atomic E-state index is 0.283. The standard InChI is InChI=1S/C20H27N3O/c1-15(2)11-19(24)22-10-9-18(14-22)20-21-12-16(3)23(20)13-17-7-5-4-6-8-17/h4-8,12,15,18H,9-11,13-14H2,1-3H3. The second-order valence-corrected chi connectivity index (χ2v) is 7.25. The van der Waals surface area contributed by atoms with E-state index in [4.69, 9.17) is 0 Å². The number of carbonyl (C=O) groups is 1. The first-order valence-electron chi connectivity index (χ1n) is 8.88. The summed E-state index contributed by atoms with van der Waals surface area (Å²) in [7, 11) is 0. The van der Waals surface area contributed by atoms with Gasteiger partial charge in [-0.05, 0) is 24.8 Å². The van der Waals surface area contributed by atoms with Crippen LogP contribution in [0.4, 0.5) is 0 Å². The zero-order chi connectivity index (χ0) is 17.1. The smallest absolute Gasteiger partial charge is 0.222 e. The van der Waals surface area contributed by atoms with Crippen molar-refractivity contribution < 1.29 is 4.79 Å². The Morgan fingerprint density at radius 2 is 2.04 bits per heavy atom. The van der Waals surface area contributed by atoms with Crippen LogP contribution in [0.5, 0.6) is 0 Å². The summed E-state index contributed by atoms with van der Waals surface area (Å²) < 4.78 is 2.30. The molecule has 3 rings (SSSR count). The first-order chi connectivity index (χ1) is 11.5. The topological polar surface area (TPSA) is 38.1 Å². The Morgan fingerprint density at radius 1 is 1.29 bits per heavy atom. The van der Waals surface area contributed by atoms with E-state index in [1.807, 2.05) is 17.2 Å². The SMILES string of the molecule is Cc1cnc(C2CCN(C(=O)CC(C)C)C2)n1Cc1ccccc1. The van der Waals surface area contributed by atoms with E-state index < -0.39 is 0 Å². The van der Waals surface area contributed by atoms with E-state index >= 15 is 0 Å². The maximum Gasteiger partial charge on any atom is 0.222 e. The van der Waals surface area contributed by atoms with Crippen LogP contribution in [-0.4, -0.2) is 33.4 Å². The molecule has 0 radical (unpaired) electrons. The molecule has 0 bridgehead atoms. The first-order valence-corrected chi connectivity index (χ1v) is 8.88. The summed E-state index contributed by atoms with van der Waals surface area (Å²) in [6, 6.07) is 10.5. The van der Waals surface area contributed by atoms with Gasteiger partial charge in [0, 0.05) is 43.9 Å². The van der Waals surface area contributed by atoms with Crippen molar-refractivity contribution >= 4 is 5.91 Å². The van der Waals surface area contributed by atoms with Crippen LogP contribution in [0, 0.1) is 12.8 Å². The number of nitrogens with zero attached hydrogens (tertiary/aromatic N) is 3. The molecule has 1 aliphatic rings. The van der Waals surface area contributed by atoms with Crippen LogP contribution < -0.4 is 0 Å². The van der Waals surface area contributed by atoms with E-state index in [9.17, 15) is 4.79 Å². The predicted molar refractivity (Wildman–Crippen MR) is 95.9 cm³/mol. The van der Waals surface area contributed by atoms with Crippen molar-refractivity contribution in [2.24, 2.45) is 5.92 Å². The number of hydrogen-bond donors (Lipinski definition) is 0. The molecule has 0 aliphatic carbocycles. The molecule has 1 fully saturated rings. The molecule has 2 aromatic rings. The van der Waals surface area contributed by atoms with Gasteiger partial charge < -0.3 is 9.47 Å². The average Bonchev–Trinajstić information content (AvgIpc) is 3.16. The molecule has 1 aliphatic heterocycles. The van der Waals surface area contributed by atoms with Crippen LogP contribution in [0.25, 0.3) is 0 Å². The number of likely N-dealkylation sites (tertiary alicyclic amines) is 1. The lowest BCUT2D eigenvalue weighted by molar-refractivity contribution is -0.130. The highest BCUT2D eigenvalue weighted by molar-refractivity contribution is 5.76. The van der Waals surface area contributed by atoms with Crippen LogP contribution in [0.1, 0.15) is 49.7 Å². The van der Waals surface area contributed by atoms with Gasteiger partial charge >= 0.3 is 0 Å². The summed E-state index contributed by atoms with van der Waals surface area (Å²) in [5.74, 6) is 2.17. The summed E-state index contributed by atoms with van der Waals surface area (Å²) in [5, 5.41) is 0. The number of hydrogen-bond acceptors (Lipinski definition) is 2. The molecule has 128 valence electrons. The van der Waals surface area contributed by atoms with Crippen LogP contribution in [0.2, 0.25) is 0 Å². The van der Waals surface area contributed by atoms with Crippen molar-refractivity contribution in [1.82, 2.24) is 14.5 Å². The molecule has 4 heteroatoms. The normalized spacial score (nSPS) is 17.7. The summed E-state index contributed by atoms with van der Waals surface area (Å²) in [5.41, 5.74) is 2.46. The third kappa shape index (κ3) is 3.69. The summed E-state index contributed by atoms with van der Waals surface area (Å²) in [6.07, 6.45) is 3.61. The van der Waals surface area contributed by atoms with Gasteiger partial charge in [0.15, 0.2) is 0 Å². The third-order valence-electron chi connectivity index (χ3n) is 4.76. The number of amides is 1. The molecule has 1 atom stereocenters. The lowest BCUT2D eigenvalue weighted by Crippen LogP contribution is -2.29. The van der Waals surface area contributed by atoms with E-state index in [2.05, 4.69) is 54.6 Å². The van der Waals surface area contributed by atoms with Gasteiger partial charge in [-0.15, -0.1) is 0 Å². The Bertz CT molecular complexity index is 690. The molecule has 1 saturated heterocycles. The maximum atomic E-state index is 12.3. The molecule has 24 heavy (non-hydrogen) atoms. The van der Waals surface area contributed by atoms with Crippen LogP contribution in [0.3, 0.4) is 0 Å². The molecule has 0 N–H and O–H groups in total. The second-order valence-electron chi connectivity index (χ2n) is 7.25. The Morgan fingerprint density at radius 3 is 2.75 bits per heavy atom. The Hall–Kier alpha value is -2.10. The van der Waals surface area contributed by atoms with Crippen molar-refractivity contribution in [1.29, 1.82) is 0 Å². The van der Waals surface area contributed by atoms with Crippen molar-refractivity contribution in [2.45, 2.75) is 46.1 Å². The lowest BCUT2D eigenvalue weighted by atomic mass is 10.1. The molecular formula is C20H27N3O. The van der Waals surface area contributed by atoms with E-state index in [0.717, 1.165) is 31.9 Å². The monoisotopic (exact) mass is 325 g/mol. The number of carbonyl (C=O) groups excluding carboxylic acids is 1. The minimum Gasteiger partial charge on any atom is -0.342 e. The molecule has 1 unspecified atom stereocenters. The van der Waals surface area contributed by atoms with Crippen LogP contribution in [-0.2, 0) is 11.3 Å². The molecular weight excluding hydrogens is 298 g/mol. The molecule has 0 saturated carbocycles. The number of aromatic nitrogens is 2. The van der Waals surface area contributed by atoms with Gasteiger partial charge in [-0.2, -0.15) is 0 Å². The molecule has 2 heterocycles. The summed E-state index contributed by atoms with van der Waals surface area (Å²) in [6.45, 7) is 8.81. The van der Waals surface area contributed by atoms with Gasteiger partial charge in [-0.25, -0.2) is 4.98 Å². The van der Waals surface area contributed by atoms with Crippen LogP contribution in [0.15, 0.2) is 36.5 Å². The van der Waals surface area contributed by atoms with E-state index in [1.165, 1.54) is 11.3 Å². The Balaban J connectivity index is 1.73. The van der Waals surface area contributed by atoms with Gasteiger partial charge in [0.25, 0.3) is 0 Å². The van der Waals surface area contributed by atoms with Gasteiger partial charge in [-0.1, -0.05) is 44.2 Å². The van der Waals surface area contributed by atoms with E-state index in [-0.39, 0.29) is 5.91 Å². The van der Waals surface area contributed by atoms with Crippen molar-refractivity contribution in [3.8, 4) is 0 Å². The second kappa shape index (κ2) is 7.20. The fourth-order valence-corrected chi connectivity index (χ4v) is 3.45. The number of rotatable bonds is 5. The van der Waals surface area contributed by atoms with Gasteiger partial charge in [0.1, 0.15) is 5.82 Å². The highest BCUT2D eigenvalue weighted by atomic mass is 16.2. The van der Waals surface area contributed by atoms with Gasteiger partial charge in [0.2, 0.25) is 5.91 Å². The first kappa shape index (κ1) is 16.7. The highest BCUT2D eigenvalue weighted by Gasteiger charge is 2.30. The predicted octanol–water partition coefficient (Wildman–Crippen LogP) is 3.60. The molecule has 0 spiro atoms. The molecule has 4 nitrogen and oxygen atoms in total. The number of aryl methyl sites for hydroxylation is 1. The maximum absolute atomic E-state index is 12.3. The quantitative estimate of drug-likeness (QED) is 0.842. The van der Waals surface area contributed by atoms with Gasteiger partial charge in [-0.3, -0.25) is 4.79 Å². The third-order valence-corrected chi connectivity index (χ3v) is 4.76. The van der Waals surface area contributed by atoms with Crippen molar-refractivity contribution in [3.05, 3.63) is 53.6 Å².